The molecule has 5 heteroatoms. The van der Waals surface area contributed by atoms with Crippen LogP contribution in [-0.2, 0) is 0 Å². The van der Waals surface area contributed by atoms with Gasteiger partial charge in [-0.1, -0.05) is 108 Å². The molecule has 190 valence electrons. The molecule has 2 heterocycles. The zero-order valence-corrected chi connectivity index (χ0v) is 21.9. The number of hydrogen-bond donors (Lipinski definition) is 0. The topological polar surface area (TPSA) is 54.5 Å². The SMILES string of the molecule is Cc1ccc(C(=O)[C@@H]2[C@@H](c3ccccc3)C3(C(=O)c4ccccc4C3=O)[C@@H]3C=Cc4cc(Cl)ccc4N23)cc1. The third kappa shape index (κ3) is 3.22. The van der Waals surface area contributed by atoms with Gasteiger partial charge in [0.1, 0.15) is 11.5 Å². The summed E-state index contributed by atoms with van der Waals surface area (Å²) in [6.45, 7) is 1.98. The first kappa shape index (κ1) is 23.8. The fourth-order valence-corrected chi connectivity index (χ4v) is 7.05. The summed E-state index contributed by atoms with van der Waals surface area (Å²) >= 11 is 6.35. The van der Waals surface area contributed by atoms with E-state index in [2.05, 4.69) is 0 Å². The van der Waals surface area contributed by atoms with Crippen LogP contribution >= 0.6 is 11.6 Å². The average Bonchev–Trinajstić information content (AvgIpc) is 3.39. The molecule has 39 heavy (non-hydrogen) atoms. The van der Waals surface area contributed by atoms with Crippen LogP contribution < -0.4 is 4.90 Å². The average molecular weight is 530 g/mol. The Labute approximate surface area is 231 Å². The van der Waals surface area contributed by atoms with Crippen LogP contribution in [-0.4, -0.2) is 29.4 Å². The molecule has 7 rings (SSSR count). The van der Waals surface area contributed by atoms with E-state index in [4.69, 9.17) is 11.6 Å². The zero-order chi connectivity index (χ0) is 26.9. The Balaban J connectivity index is 1.54. The number of fused-ring (bicyclic) bond motifs is 5. The molecule has 0 unspecified atom stereocenters. The van der Waals surface area contributed by atoms with E-state index in [9.17, 15) is 14.4 Å². The second kappa shape index (κ2) is 8.62. The van der Waals surface area contributed by atoms with Crippen LogP contribution in [0.2, 0.25) is 5.02 Å². The Kier molecular flexibility index (Phi) is 5.26. The molecule has 4 nitrogen and oxygen atoms in total. The molecule has 0 aromatic heterocycles. The van der Waals surface area contributed by atoms with Gasteiger partial charge in [-0.2, -0.15) is 0 Å². The van der Waals surface area contributed by atoms with Crippen LogP contribution in [0.15, 0.2) is 103 Å². The number of aryl methyl sites for hydroxylation is 1. The van der Waals surface area contributed by atoms with E-state index in [1.165, 1.54) is 0 Å². The summed E-state index contributed by atoms with van der Waals surface area (Å²) in [5.41, 5.74) is 3.35. The molecule has 1 saturated heterocycles. The number of nitrogens with zero attached hydrogens (tertiary/aromatic N) is 1. The van der Waals surface area contributed by atoms with Gasteiger partial charge in [0.25, 0.3) is 0 Å². The smallest absolute Gasteiger partial charge is 0.185 e. The maximum atomic E-state index is 14.6. The highest BCUT2D eigenvalue weighted by atomic mass is 35.5. The number of hydrogen-bond acceptors (Lipinski definition) is 4. The van der Waals surface area contributed by atoms with Crippen LogP contribution in [0.25, 0.3) is 6.08 Å². The molecule has 1 spiro atoms. The van der Waals surface area contributed by atoms with Gasteiger partial charge < -0.3 is 4.90 Å². The summed E-state index contributed by atoms with van der Waals surface area (Å²) in [6, 6.07) is 28.2. The summed E-state index contributed by atoms with van der Waals surface area (Å²) in [6.07, 6.45) is 3.84. The molecule has 0 saturated carbocycles. The normalized spacial score (nSPS) is 22.1. The number of anilines is 1. The lowest BCUT2D eigenvalue weighted by Gasteiger charge is -2.37. The second-order valence-electron chi connectivity index (χ2n) is 10.6. The third-order valence-electron chi connectivity index (χ3n) is 8.53. The number of rotatable bonds is 3. The van der Waals surface area contributed by atoms with Crippen molar-refractivity contribution >= 4 is 40.7 Å². The summed E-state index contributed by atoms with van der Waals surface area (Å²) < 4.78 is 0. The van der Waals surface area contributed by atoms with E-state index in [1.807, 2.05) is 90.7 Å². The van der Waals surface area contributed by atoms with Crippen molar-refractivity contribution in [3.05, 3.63) is 142 Å². The fraction of sp³-hybridized carbons (Fsp3) is 0.147. The third-order valence-corrected chi connectivity index (χ3v) is 8.76. The van der Waals surface area contributed by atoms with Crippen molar-refractivity contribution in [2.75, 3.05) is 4.90 Å². The van der Waals surface area contributed by atoms with Crippen LogP contribution in [0.5, 0.6) is 0 Å². The van der Waals surface area contributed by atoms with Crippen LogP contribution in [0.4, 0.5) is 5.69 Å². The van der Waals surface area contributed by atoms with Crippen molar-refractivity contribution in [3.8, 4) is 0 Å². The molecular formula is C34H24ClNO3. The standard InChI is InChI=1S/C34H24ClNO3/c1-20-11-13-22(14-12-20)31(37)30-29(21-7-3-2-4-8-21)34(32(38)25-9-5-6-10-26(25)33(34)39)28-18-15-23-19-24(35)16-17-27(23)36(28)30/h2-19,28-30H,1H3/t28-,29+,30-/m0/s1. The van der Waals surface area contributed by atoms with Crippen LogP contribution in [0.3, 0.4) is 0 Å². The van der Waals surface area contributed by atoms with Gasteiger partial charge in [0.05, 0.1) is 6.04 Å². The van der Waals surface area contributed by atoms with Gasteiger partial charge in [-0.3, -0.25) is 14.4 Å². The number of carbonyl (C=O) groups is 3. The molecule has 0 radical (unpaired) electrons. The van der Waals surface area contributed by atoms with Crippen LogP contribution in [0, 0.1) is 12.3 Å². The van der Waals surface area contributed by atoms with Crippen molar-refractivity contribution in [1.29, 1.82) is 0 Å². The highest BCUT2D eigenvalue weighted by Crippen LogP contribution is 2.61. The zero-order valence-electron chi connectivity index (χ0n) is 21.2. The molecule has 0 bridgehead atoms. The first-order valence-electron chi connectivity index (χ1n) is 13.0. The fourth-order valence-electron chi connectivity index (χ4n) is 6.87. The Morgan fingerprint density at radius 1 is 0.821 bits per heavy atom. The summed E-state index contributed by atoms with van der Waals surface area (Å²) in [7, 11) is 0. The lowest BCUT2D eigenvalue weighted by molar-refractivity contribution is 0.0666. The van der Waals surface area contributed by atoms with Gasteiger partial charge in [-0.25, -0.2) is 0 Å². The highest BCUT2D eigenvalue weighted by Gasteiger charge is 2.71. The Morgan fingerprint density at radius 2 is 1.46 bits per heavy atom. The quantitative estimate of drug-likeness (QED) is 0.212. The first-order valence-corrected chi connectivity index (χ1v) is 13.4. The minimum Gasteiger partial charge on any atom is -0.352 e. The first-order chi connectivity index (χ1) is 18.9. The lowest BCUT2D eigenvalue weighted by atomic mass is 9.64. The Bertz CT molecular complexity index is 1670. The van der Waals surface area contributed by atoms with Gasteiger partial charge in [0.2, 0.25) is 0 Å². The predicted octanol–water partition coefficient (Wildman–Crippen LogP) is 6.96. The van der Waals surface area contributed by atoms with Gasteiger partial charge in [0, 0.05) is 33.3 Å². The molecule has 2 aliphatic heterocycles. The van der Waals surface area contributed by atoms with E-state index in [-0.39, 0.29) is 17.3 Å². The van der Waals surface area contributed by atoms with Crippen molar-refractivity contribution in [2.45, 2.75) is 24.9 Å². The molecule has 0 N–H and O–H groups in total. The molecule has 4 aromatic carbocycles. The summed E-state index contributed by atoms with van der Waals surface area (Å²) in [5.74, 6) is -1.30. The molecule has 4 aromatic rings. The van der Waals surface area contributed by atoms with E-state index in [0.29, 0.717) is 21.7 Å². The highest BCUT2D eigenvalue weighted by molar-refractivity contribution is 6.32. The number of Topliss-reactive ketones (excluding diaryl/α,β-unsaturated/α-hetero) is 3. The molecule has 3 aliphatic rings. The van der Waals surface area contributed by atoms with Crippen LogP contribution in [0.1, 0.15) is 53.7 Å². The van der Waals surface area contributed by atoms with E-state index in [1.54, 1.807) is 30.3 Å². The van der Waals surface area contributed by atoms with Gasteiger partial charge in [-0.05, 0) is 36.2 Å². The second-order valence-corrected chi connectivity index (χ2v) is 11.0. The molecular weight excluding hydrogens is 506 g/mol. The lowest BCUT2D eigenvalue weighted by Crippen LogP contribution is -2.48. The number of ketones is 3. The van der Waals surface area contributed by atoms with E-state index < -0.39 is 23.4 Å². The molecule has 0 amide bonds. The van der Waals surface area contributed by atoms with Gasteiger partial charge >= 0.3 is 0 Å². The largest absolute Gasteiger partial charge is 0.352 e. The Hall–Kier alpha value is -4.28. The van der Waals surface area contributed by atoms with Crippen molar-refractivity contribution in [1.82, 2.24) is 0 Å². The predicted molar refractivity (Wildman–Crippen MR) is 153 cm³/mol. The summed E-state index contributed by atoms with van der Waals surface area (Å²) in [4.78, 5) is 45.7. The number of carbonyl (C=O) groups excluding carboxylic acids is 3. The number of halogens is 1. The van der Waals surface area contributed by atoms with E-state index in [0.717, 1.165) is 22.4 Å². The molecule has 1 aliphatic carbocycles. The molecule has 3 atom stereocenters. The summed E-state index contributed by atoms with van der Waals surface area (Å²) in [5, 5.41) is 0.576. The Morgan fingerprint density at radius 3 is 2.13 bits per heavy atom. The van der Waals surface area contributed by atoms with Crippen molar-refractivity contribution < 1.29 is 14.4 Å². The maximum Gasteiger partial charge on any atom is 0.185 e. The van der Waals surface area contributed by atoms with Gasteiger partial charge in [0.15, 0.2) is 17.3 Å². The van der Waals surface area contributed by atoms with E-state index >= 15 is 0 Å². The van der Waals surface area contributed by atoms with Crippen molar-refractivity contribution in [3.63, 3.8) is 0 Å². The minimum absolute atomic E-state index is 0.126. The van der Waals surface area contributed by atoms with Crippen molar-refractivity contribution in [2.24, 2.45) is 5.41 Å². The minimum atomic E-state index is -1.50. The number of benzene rings is 4. The maximum absolute atomic E-state index is 14.6. The molecule has 1 fully saturated rings. The monoisotopic (exact) mass is 529 g/mol. The van der Waals surface area contributed by atoms with Gasteiger partial charge in [-0.15, -0.1) is 0 Å².